The minimum Gasteiger partial charge on any atom is -0.460 e. The fourth-order valence-electron chi connectivity index (χ4n) is 5.63. The summed E-state index contributed by atoms with van der Waals surface area (Å²) in [5.41, 5.74) is 3.31. The van der Waals surface area contributed by atoms with Gasteiger partial charge in [0, 0.05) is 29.8 Å². The van der Waals surface area contributed by atoms with Gasteiger partial charge in [0.2, 0.25) is 11.8 Å². The summed E-state index contributed by atoms with van der Waals surface area (Å²) in [6.07, 6.45) is 0.288. The number of fused-ring (bicyclic) bond motifs is 14. The molecule has 230 valence electrons. The van der Waals surface area contributed by atoms with Gasteiger partial charge in [-0.1, -0.05) is 42.5 Å². The number of halogens is 1. The van der Waals surface area contributed by atoms with Crippen LogP contribution in [0.15, 0.2) is 66.7 Å². The highest BCUT2D eigenvalue weighted by Crippen LogP contribution is 2.31. The fourth-order valence-corrected chi connectivity index (χ4v) is 5.63. The Morgan fingerprint density at radius 1 is 0.955 bits per heavy atom. The molecule has 0 radical (unpaired) electrons. The quantitative estimate of drug-likeness (QED) is 0.266. The second-order valence-corrected chi connectivity index (χ2v) is 12.0. The molecule has 0 unspecified atom stereocenters. The van der Waals surface area contributed by atoms with Gasteiger partial charge in [-0.25, -0.2) is 4.39 Å². The minimum atomic E-state index is -0.795. The third-order valence-electron chi connectivity index (χ3n) is 7.91. The molecule has 3 heterocycles. The molecule has 3 aromatic carbocycles. The number of hydrogen-bond acceptors (Lipinski definition) is 6. The maximum absolute atomic E-state index is 14.2. The van der Waals surface area contributed by atoms with Crippen LogP contribution in [0.4, 0.5) is 10.1 Å². The first-order valence-electron chi connectivity index (χ1n) is 14.8. The van der Waals surface area contributed by atoms with Gasteiger partial charge in [0.1, 0.15) is 24.5 Å². The Labute approximate surface area is 256 Å². The van der Waals surface area contributed by atoms with Crippen LogP contribution in [0.3, 0.4) is 0 Å². The van der Waals surface area contributed by atoms with Gasteiger partial charge in [0.15, 0.2) is 0 Å². The van der Waals surface area contributed by atoms with Crippen molar-refractivity contribution < 1.29 is 28.3 Å². The van der Waals surface area contributed by atoms with Crippen LogP contribution < -0.4 is 20.9 Å². The van der Waals surface area contributed by atoms with Crippen molar-refractivity contribution in [2.75, 3.05) is 18.0 Å². The molecule has 6 rings (SSSR count). The van der Waals surface area contributed by atoms with E-state index in [0.717, 1.165) is 11.1 Å². The van der Waals surface area contributed by atoms with Crippen LogP contribution in [0.5, 0.6) is 0 Å². The van der Waals surface area contributed by atoms with Crippen molar-refractivity contribution in [3.8, 4) is 11.1 Å². The minimum absolute atomic E-state index is 0.0654. The molecule has 2 atom stereocenters. The number of amides is 3. The van der Waals surface area contributed by atoms with Gasteiger partial charge in [-0.3, -0.25) is 19.2 Å². The molecule has 3 aromatic rings. The molecule has 3 aliphatic heterocycles. The molecule has 4 bridgehead atoms. The van der Waals surface area contributed by atoms with E-state index >= 15 is 0 Å². The van der Waals surface area contributed by atoms with Crippen molar-refractivity contribution in [1.82, 2.24) is 16.0 Å². The Hall–Kier alpha value is -4.57. The van der Waals surface area contributed by atoms with E-state index in [-0.39, 0.29) is 43.7 Å². The van der Waals surface area contributed by atoms with Crippen LogP contribution in [0.2, 0.25) is 0 Å². The van der Waals surface area contributed by atoms with Crippen molar-refractivity contribution in [1.29, 1.82) is 0 Å². The molecular formula is C34H37FN4O5. The zero-order chi connectivity index (χ0) is 31.4. The molecule has 10 heteroatoms. The number of nitrogens with zero attached hydrogens (tertiary/aromatic N) is 1. The lowest BCUT2D eigenvalue weighted by molar-refractivity contribution is -0.147. The molecule has 44 heavy (non-hydrogen) atoms. The third-order valence-corrected chi connectivity index (χ3v) is 7.91. The summed E-state index contributed by atoms with van der Waals surface area (Å²) in [5.74, 6) is -1.96. The van der Waals surface area contributed by atoms with Crippen LogP contribution >= 0.6 is 0 Å². The van der Waals surface area contributed by atoms with Gasteiger partial charge in [0.05, 0.1) is 6.54 Å². The SMILES string of the molecule is C[C@@H]1CNC(C)(C)CC(=O)N[C@@H]2CCc3cc(F)ccc3N(Cc3ccc(cc3)-c3ccccc3C(=O)NCC(=O)O1)C2=O. The standard InChI is InChI=1S/C34H37FN4O5/c1-21-18-37-34(2,3)17-30(40)38-28-14-12-24-16-25(35)13-15-29(24)39(33(28)43)20-22-8-10-23(11-9-22)26-6-4-5-7-27(26)32(42)36-19-31(41)44-21/h4-11,13,15-16,21,28,37H,12,14,17-20H2,1-3H3,(H,36,42)(H,38,40)/t21-,28-/m1/s1. The van der Waals surface area contributed by atoms with E-state index in [9.17, 15) is 23.6 Å². The molecular weight excluding hydrogens is 563 g/mol. The molecule has 0 saturated carbocycles. The van der Waals surface area contributed by atoms with Crippen LogP contribution in [0, 0.1) is 5.82 Å². The van der Waals surface area contributed by atoms with E-state index in [1.807, 2.05) is 50.2 Å². The lowest BCUT2D eigenvalue weighted by atomic mass is 9.98. The first-order valence-corrected chi connectivity index (χ1v) is 14.8. The first-order chi connectivity index (χ1) is 21.0. The van der Waals surface area contributed by atoms with Crippen LogP contribution in [-0.4, -0.2) is 54.5 Å². The third kappa shape index (κ3) is 7.31. The maximum atomic E-state index is 14.2. The highest BCUT2D eigenvalue weighted by Gasteiger charge is 2.33. The van der Waals surface area contributed by atoms with Crippen molar-refractivity contribution in [2.45, 2.75) is 64.3 Å². The van der Waals surface area contributed by atoms with E-state index < -0.39 is 29.6 Å². The number of benzene rings is 3. The average Bonchev–Trinajstić information content (AvgIpc) is 3.10. The molecule has 3 N–H and O–H groups in total. The van der Waals surface area contributed by atoms with Gasteiger partial charge < -0.3 is 25.6 Å². The number of anilines is 1. The Bertz CT molecular complexity index is 1570. The van der Waals surface area contributed by atoms with E-state index in [1.54, 1.807) is 30.0 Å². The predicted octanol–water partition coefficient (Wildman–Crippen LogP) is 3.89. The molecule has 0 spiro atoms. The van der Waals surface area contributed by atoms with Crippen LogP contribution in [-0.2, 0) is 32.1 Å². The number of esters is 1. The van der Waals surface area contributed by atoms with Crippen LogP contribution in [0.1, 0.15) is 55.1 Å². The second kappa shape index (κ2) is 13.0. The normalized spacial score (nSPS) is 21.4. The highest BCUT2D eigenvalue weighted by molar-refractivity contribution is 6.02. The second-order valence-electron chi connectivity index (χ2n) is 12.0. The molecule has 3 aliphatic rings. The van der Waals surface area contributed by atoms with Crippen molar-refractivity contribution in [3.63, 3.8) is 0 Å². The number of carbonyl (C=O) groups is 4. The smallest absolute Gasteiger partial charge is 0.325 e. The Kier molecular flexibility index (Phi) is 9.10. The lowest BCUT2D eigenvalue weighted by Crippen LogP contribution is -2.51. The molecule has 0 fully saturated rings. The molecule has 0 aliphatic carbocycles. The van der Waals surface area contributed by atoms with Gasteiger partial charge in [-0.2, -0.15) is 0 Å². The Morgan fingerprint density at radius 2 is 1.68 bits per heavy atom. The summed E-state index contributed by atoms with van der Waals surface area (Å²) in [4.78, 5) is 54.3. The largest absolute Gasteiger partial charge is 0.460 e. The van der Waals surface area contributed by atoms with Gasteiger partial charge in [0.25, 0.3) is 5.91 Å². The van der Waals surface area contributed by atoms with E-state index in [2.05, 4.69) is 16.0 Å². The predicted molar refractivity (Wildman–Crippen MR) is 164 cm³/mol. The monoisotopic (exact) mass is 600 g/mol. The number of aryl methyl sites for hydroxylation is 1. The summed E-state index contributed by atoms with van der Waals surface area (Å²) in [6, 6.07) is 18.2. The van der Waals surface area contributed by atoms with Gasteiger partial charge in [-0.05, 0) is 80.1 Å². The Morgan fingerprint density at radius 3 is 2.43 bits per heavy atom. The van der Waals surface area contributed by atoms with Crippen molar-refractivity contribution >= 4 is 29.4 Å². The summed E-state index contributed by atoms with van der Waals surface area (Å²) in [5, 5.41) is 8.82. The molecule has 3 amide bonds. The lowest BCUT2D eigenvalue weighted by Gasteiger charge is -2.30. The summed E-state index contributed by atoms with van der Waals surface area (Å²) < 4.78 is 19.7. The van der Waals surface area contributed by atoms with Crippen molar-refractivity contribution in [2.24, 2.45) is 0 Å². The van der Waals surface area contributed by atoms with Crippen LogP contribution in [0.25, 0.3) is 11.1 Å². The van der Waals surface area contributed by atoms with Crippen molar-refractivity contribution in [3.05, 3.63) is 89.2 Å². The van der Waals surface area contributed by atoms with E-state index in [0.29, 0.717) is 35.2 Å². The van der Waals surface area contributed by atoms with Gasteiger partial charge >= 0.3 is 5.97 Å². The maximum Gasteiger partial charge on any atom is 0.325 e. The fraction of sp³-hybridized carbons (Fsp3) is 0.353. The summed E-state index contributed by atoms with van der Waals surface area (Å²) >= 11 is 0. The molecule has 9 nitrogen and oxygen atoms in total. The summed E-state index contributed by atoms with van der Waals surface area (Å²) in [7, 11) is 0. The molecule has 0 aromatic heterocycles. The average molecular weight is 601 g/mol. The number of carbonyl (C=O) groups excluding carboxylic acids is 4. The molecule has 0 saturated heterocycles. The Balaban J connectivity index is 1.50. The number of nitrogens with one attached hydrogen (secondary N) is 3. The number of ether oxygens (including phenoxy) is 1. The number of hydrogen-bond donors (Lipinski definition) is 3. The van der Waals surface area contributed by atoms with E-state index in [1.165, 1.54) is 12.1 Å². The first kappa shape index (κ1) is 30.9. The topological polar surface area (TPSA) is 117 Å². The zero-order valence-electron chi connectivity index (χ0n) is 25.1. The van der Waals surface area contributed by atoms with Gasteiger partial charge in [-0.15, -0.1) is 0 Å². The summed E-state index contributed by atoms with van der Waals surface area (Å²) in [6.45, 7) is 5.61. The highest BCUT2D eigenvalue weighted by atomic mass is 19.1. The number of rotatable bonds is 0. The zero-order valence-corrected chi connectivity index (χ0v) is 25.1. The van der Waals surface area contributed by atoms with E-state index in [4.69, 9.17) is 4.74 Å².